The number of H-pyrrole nitrogens is 1. The molecule has 10 heteroatoms. The van der Waals surface area contributed by atoms with Crippen molar-refractivity contribution in [3.63, 3.8) is 0 Å². The number of nitrogens with one attached hydrogen (secondary N) is 3. The number of hydrogen-bond donors (Lipinski definition) is 5. The number of para-hydroxylation sites is 2. The van der Waals surface area contributed by atoms with Crippen LogP contribution in [-0.4, -0.2) is 43.0 Å². The molecule has 3 aromatic carbocycles. The highest BCUT2D eigenvalue weighted by Gasteiger charge is 2.30. The van der Waals surface area contributed by atoms with E-state index in [1.807, 2.05) is 6.07 Å². The van der Waals surface area contributed by atoms with E-state index in [-0.39, 0.29) is 11.6 Å². The summed E-state index contributed by atoms with van der Waals surface area (Å²) in [6.45, 7) is 0. The molecule has 0 saturated heterocycles. The maximum absolute atomic E-state index is 13.0. The first-order valence-corrected chi connectivity index (χ1v) is 10.8. The van der Waals surface area contributed by atoms with Gasteiger partial charge < -0.3 is 26.5 Å². The lowest BCUT2D eigenvalue weighted by Gasteiger charge is -2.24. The van der Waals surface area contributed by atoms with Gasteiger partial charge in [-0.15, -0.1) is 0 Å². The van der Waals surface area contributed by atoms with Crippen molar-refractivity contribution in [1.82, 2.24) is 25.3 Å². The Bertz CT molecular complexity index is 1530. The van der Waals surface area contributed by atoms with Gasteiger partial charge in [-0.2, -0.15) is 0 Å². The zero-order valence-corrected chi connectivity index (χ0v) is 18.3. The molecule has 5 aromatic rings. The Morgan fingerprint density at radius 2 is 1.66 bits per heavy atom. The fourth-order valence-corrected chi connectivity index (χ4v) is 3.76. The van der Waals surface area contributed by atoms with Crippen LogP contribution in [0.3, 0.4) is 0 Å². The maximum atomic E-state index is 13.0. The van der Waals surface area contributed by atoms with E-state index >= 15 is 0 Å². The van der Waals surface area contributed by atoms with Crippen LogP contribution in [0.2, 0.25) is 0 Å². The van der Waals surface area contributed by atoms with E-state index in [1.165, 1.54) is 6.20 Å². The van der Waals surface area contributed by atoms with Gasteiger partial charge in [0.15, 0.2) is 12.1 Å². The van der Waals surface area contributed by atoms with Gasteiger partial charge in [0.2, 0.25) is 0 Å². The number of amides is 2. The van der Waals surface area contributed by atoms with Crippen LogP contribution in [0.5, 0.6) is 0 Å². The molecule has 6 N–H and O–H groups in total. The number of anilines is 2. The number of aliphatic hydroxyl groups excluding tert-OH is 1. The van der Waals surface area contributed by atoms with E-state index in [9.17, 15) is 14.7 Å². The number of nitrogens with zero attached hydrogens (tertiary/aromatic N) is 3. The molecular formula is C25H21N7O3. The first-order valence-electron chi connectivity index (χ1n) is 10.8. The van der Waals surface area contributed by atoms with Crippen LogP contribution < -0.4 is 16.4 Å². The SMILES string of the molecule is Nc1nc2ccc(NC(=O)C(O)C(NC(=O)c3cnc4ccccc4n3)c3ccccc3)cc2[nH]1. The summed E-state index contributed by atoms with van der Waals surface area (Å²) in [5.74, 6) is -1.01. The minimum absolute atomic E-state index is 0.0690. The van der Waals surface area contributed by atoms with E-state index in [1.54, 1.807) is 66.7 Å². The number of aliphatic hydroxyl groups is 1. The number of fused-ring (bicyclic) bond motifs is 2. The Hall–Kier alpha value is -4.83. The van der Waals surface area contributed by atoms with Gasteiger partial charge in [-0.05, 0) is 35.9 Å². The smallest absolute Gasteiger partial charge is 0.272 e. The van der Waals surface area contributed by atoms with Crippen LogP contribution in [0.1, 0.15) is 22.1 Å². The number of nitrogen functional groups attached to an aromatic ring is 1. The molecule has 2 aromatic heterocycles. The lowest BCUT2D eigenvalue weighted by Crippen LogP contribution is -2.43. The van der Waals surface area contributed by atoms with E-state index in [0.717, 1.165) is 0 Å². The number of aromatic nitrogens is 4. The molecule has 2 unspecified atom stereocenters. The highest BCUT2D eigenvalue weighted by atomic mass is 16.3. The fraction of sp³-hybridized carbons (Fsp3) is 0.0800. The van der Waals surface area contributed by atoms with Crippen LogP contribution in [0.4, 0.5) is 11.6 Å². The molecule has 0 aliphatic carbocycles. The molecule has 5 rings (SSSR count). The molecule has 10 nitrogen and oxygen atoms in total. The molecule has 2 amide bonds. The largest absolute Gasteiger partial charge is 0.381 e. The van der Waals surface area contributed by atoms with Crippen LogP contribution in [0, 0.1) is 0 Å². The molecule has 35 heavy (non-hydrogen) atoms. The minimum atomic E-state index is -1.60. The number of aromatic amines is 1. The zero-order valence-electron chi connectivity index (χ0n) is 18.3. The van der Waals surface area contributed by atoms with Gasteiger partial charge in [-0.3, -0.25) is 14.6 Å². The van der Waals surface area contributed by atoms with E-state index in [0.29, 0.717) is 33.3 Å². The van der Waals surface area contributed by atoms with Crippen LogP contribution in [0.15, 0.2) is 79.0 Å². The lowest BCUT2D eigenvalue weighted by atomic mass is 10.00. The molecule has 0 radical (unpaired) electrons. The monoisotopic (exact) mass is 467 g/mol. The van der Waals surface area contributed by atoms with Crippen LogP contribution in [0.25, 0.3) is 22.1 Å². The van der Waals surface area contributed by atoms with Crippen molar-refractivity contribution in [3.8, 4) is 0 Å². The zero-order chi connectivity index (χ0) is 24.4. The highest BCUT2D eigenvalue weighted by Crippen LogP contribution is 2.22. The summed E-state index contributed by atoms with van der Waals surface area (Å²) in [6, 6.07) is 19.9. The van der Waals surface area contributed by atoms with E-state index in [2.05, 4.69) is 30.6 Å². The number of hydrogen-bond acceptors (Lipinski definition) is 7. The third kappa shape index (κ3) is 4.63. The summed E-state index contributed by atoms with van der Waals surface area (Å²) in [5.41, 5.74) is 9.22. The minimum Gasteiger partial charge on any atom is -0.381 e. The fourth-order valence-electron chi connectivity index (χ4n) is 3.76. The normalized spacial score (nSPS) is 12.8. The number of rotatable bonds is 6. The molecule has 174 valence electrons. The van der Waals surface area contributed by atoms with E-state index in [4.69, 9.17) is 5.73 Å². The Kier molecular flexibility index (Phi) is 5.78. The Labute approximate surface area is 199 Å². The average molecular weight is 467 g/mol. The summed E-state index contributed by atoms with van der Waals surface area (Å²) in [5, 5.41) is 16.4. The molecule has 0 aliphatic heterocycles. The number of carbonyl (C=O) groups excluding carboxylic acids is 2. The lowest BCUT2D eigenvalue weighted by molar-refractivity contribution is -0.125. The maximum Gasteiger partial charge on any atom is 0.272 e. The summed E-state index contributed by atoms with van der Waals surface area (Å²) < 4.78 is 0. The molecule has 0 spiro atoms. The van der Waals surface area contributed by atoms with Crippen molar-refractivity contribution in [1.29, 1.82) is 0 Å². The molecular weight excluding hydrogens is 446 g/mol. The molecule has 0 bridgehead atoms. The van der Waals surface area contributed by atoms with Crippen molar-refractivity contribution in [2.24, 2.45) is 0 Å². The van der Waals surface area contributed by atoms with E-state index < -0.39 is 24.0 Å². The highest BCUT2D eigenvalue weighted by molar-refractivity contribution is 5.98. The summed E-state index contributed by atoms with van der Waals surface area (Å²) in [4.78, 5) is 41.6. The molecule has 2 heterocycles. The molecule has 0 saturated carbocycles. The summed E-state index contributed by atoms with van der Waals surface area (Å²) in [7, 11) is 0. The molecule has 0 aliphatic rings. The number of benzene rings is 3. The van der Waals surface area contributed by atoms with Crippen LogP contribution >= 0.6 is 0 Å². The van der Waals surface area contributed by atoms with Gasteiger partial charge in [0.25, 0.3) is 11.8 Å². The van der Waals surface area contributed by atoms with Crippen molar-refractivity contribution >= 4 is 45.5 Å². The van der Waals surface area contributed by atoms with Crippen molar-refractivity contribution in [2.45, 2.75) is 12.1 Å². The number of nitrogens with two attached hydrogens (primary N) is 1. The Balaban J connectivity index is 1.39. The second kappa shape index (κ2) is 9.20. The average Bonchev–Trinajstić information content (AvgIpc) is 3.26. The van der Waals surface area contributed by atoms with Gasteiger partial charge in [0.05, 0.1) is 34.3 Å². The first-order chi connectivity index (χ1) is 17.0. The topological polar surface area (TPSA) is 159 Å². The second-order valence-corrected chi connectivity index (χ2v) is 7.89. The number of carbonyl (C=O) groups is 2. The quantitative estimate of drug-likeness (QED) is 0.257. The molecule has 2 atom stereocenters. The third-order valence-electron chi connectivity index (χ3n) is 5.48. The van der Waals surface area contributed by atoms with Gasteiger partial charge in [-0.25, -0.2) is 9.97 Å². The van der Waals surface area contributed by atoms with Gasteiger partial charge in [0, 0.05) is 5.69 Å². The standard InChI is InChI=1S/C25H21N7O3/c26-25-30-18-11-10-15(12-19(18)31-25)28-24(35)22(33)21(14-6-2-1-3-7-14)32-23(34)20-13-27-16-8-4-5-9-17(16)29-20/h1-13,21-22,33H,(H,28,35)(H,32,34)(H3,26,30,31). The second-order valence-electron chi connectivity index (χ2n) is 7.89. The third-order valence-corrected chi connectivity index (χ3v) is 5.48. The Morgan fingerprint density at radius 3 is 2.46 bits per heavy atom. The predicted octanol–water partition coefficient (Wildman–Crippen LogP) is 2.56. The number of imidazole rings is 1. The molecule has 0 fully saturated rings. The van der Waals surface area contributed by atoms with Crippen molar-refractivity contribution in [3.05, 3.63) is 90.3 Å². The van der Waals surface area contributed by atoms with Crippen molar-refractivity contribution in [2.75, 3.05) is 11.1 Å². The Morgan fingerprint density at radius 1 is 0.914 bits per heavy atom. The van der Waals surface area contributed by atoms with Gasteiger partial charge in [-0.1, -0.05) is 42.5 Å². The predicted molar refractivity (Wildman–Crippen MR) is 131 cm³/mol. The van der Waals surface area contributed by atoms with Gasteiger partial charge in [0.1, 0.15) is 5.69 Å². The van der Waals surface area contributed by atoms with Crippen molar-refractivity contribution < 1.29 is 14.7 Å². The first kappa shape index (κ1) is 22.0. The van der Waals surface area contributed by atoms with Crippen LogP contribution in [-0.2, 0) is 4.79 Å². The van der Waals surface area contributed by atoms with Gasteiger partial charge >= 0.3 is 0 Å². The summed E-state index contributed by atoms with van der Waals surface area (Å²) >= 11 is 0. The summed E-state index contributed by atoms with van der Waals surface area (Å²) in [6.07, 6.45) is -0.241.